The summed E-state index contributed by atoms with van der Waals surface area (Å²) in [6.45, 7) is 2.90. The monoisotopic (exact) mass is 458 g/mol. The molecule has 1 aliphatic carbocycles. The molecule has 1 fully saturated rings. The number of hydrogen-bond acceptors (Lipinski definition) is 5. The maximum absolute atomic E-state index is 13.3. The van der Waals surface area contributed by atoms with Crippen LogP contribution in [-0.4, -0.2) is 52.8 Å². The first-order valence-corrected chi connectivity index (χ1v) is 11.1. The van der Waals surface area contributed by atoms with Gasteiger partial charge in [-0.05, 0) is 69.8 Å². The van der Waals surface area contributed by atoms with E-state index in [0.29, 0.717) is 22.2 Å². The number of halogens is 1. The third kappa shape index (κ3) is 5.47. The van der Waals surface area contributed by atoms with Crippen molar-refractivity contribution in [3.8, 4) is 5.69 Å². The predicted molar refractivity (Wildman–Crippen MR) is 129 cm³/mol. The number of hydrogen-bond donors (Lipinski definition) is 1. The van der Waals surface area contributed by atoms with Crippen molar-refractivity contribution < 1.29 is 4.79 Å². The molecule has 4 rings (SSSR count). The number of nitrogens with one attached hydrogen (secondary N) is 1. The van der Waals surface area contributed by atoms with Gasteiger partial charge in [0.2, 0.25) is 0 Å². The summed E-state index contributed by atoms with van der Waals surface area (Å²) < 4.78 is 1.54. The van der Waals surface area contributed by atoms with Crippen molar-refractivity contribution in [2.24, 2.45) is 0 Å². The second-order valence-corrected chi connectivity index (χ2v) is 9.17. The molecule has 1 heterocycles. The van der Waals surface area contributed by atoms with Crippen molar-refractivity contribution in [1.29, 1.82) is 0 Å². The Labute approximate surface area is 192 Å². The van der Waals surface area contributed by atoms with E-state index < -0.39 is 0 Å². The lowest BCUT2D eigenvalue weighted by Crippen LogP contribution is -2.26. The van der Waals surface area contributed by atoms with Crippen LogP contribution in [0.15, 0.2) is 52.4 Å². The van der Waals surface area contributed by atoms with Crippen LogP contribution in [0.25, 0.3) is 16.6 Å². The zero-order chi connectivity index (χ0) is 21.3. The number of benzene rings is 2. The molecule has 0 saturated heterocycles. The first-order chi connectivity index (χ1) is 14.4. The zero-order valence-corrected chi connectivity index (χ0v) is 19.6. The second-order valence-electron chi connectivity index (χ2n) is 8.00. The first kappa shape index (κ1) is 23.3. The van der Waals surface area contributed by atoms with E-state index in [2.05, 4.69) is 15.2 Å². The van der Waals surface area contributed by atoms with Crippen LogP contribution in [0.5, 0.6) is 0 Å². The highest BCUT2D eigenvalue weighted by Gasteiger charge is 2.24. The molecule has 1 aromatic heterocycles. The highest BCUT2D eigenvalue weighted by Crippen LogP contribution is 2.23. The third-order valence-corrected chi connectivity index (χ3v) is 6.15. The molecule has 0 atom stereocenters. The van der Waals surface area contributed by atoms with Crippen LogP contribution in [0.2, 0.25) is 0 Å². The molecule has 1 aliphatic rings. The smallest absolute Gasteiger partial charge is 0.265 e. The van der Waals surface area contributed by atoms with Crippen molar-refractivity contribution in [1.82, 2.24) is 19.8 Å². The Hall–Kier alpha value is -2.35. The Morgan fingerprint density at radius 1 is 1.23 bits per heavy atom. The van der Waals surface area contributed by atoms with Crippen molar-refractivity contribution in [2.75, 3.05) is 26.4 Å². The SMILES string of the molecule is Cc1ccc(C(=O)NC2CC2)cc1-n1cnc2ccc(SCCN(C)C)cc2c1=O.Cl. The van der Waals surface area contributed by atoms with Crippen LogP contribution in [0.1, 0.15) is 28.8 Å². The summed E-state index contributed by atoms with van der Waals surface area (Å²) in [4.78, 5) is 33.4. The zero-order valence-electron chi connectivity index (χ0n) is 17.9. The molecule has 3 aromatic rings. The van der Waals surface area contributed by atoms with Crippen molar-refractivity contribution in [2.45, 2.75) is 30.7 Å². The van der Waals surface area contributed by atoms with Gasteiger partial charge in [0.25, 0.3) is 11.5 Å². The normalized spacial score (nSPS) is 13.3. The number of aromatic nitrogens is 2. The van der Waals surface area contributed by atoms with Crippen LogP contribution in [-0.2, 0) is 0 Å². The molecule has 0 unspecified atom stereocenters. The molecular weight excluding hydrogens is 432 g/mol. The quantitative estimate of drug-likeness (QED) is 0.547. The Bertz CT molecular complexity index is 1160. The van der Waals surface area contributed by atoms with Crippen LogP contribution in [0.3, 0.4) is 0 Å². The second kappa shape index (κ2) is 9.85. The van der Waals surface area contributed by atoms with Gasteiger partial charge in [-0.2, -0.15) is 0 Å². The Morgan fingerprint density at radius 3 is 2.71 bits per heavy atom. The summed E-state index contributed by atoms with van der Waals surface area (Å²) in [5.41, 5.74) is 2.70. The topological polar surface area (TPSA) is 67.2 Å². The van der Waals surface area contributed by atoms with Crippen LogP contribution in [0.4, 0.5) is 0 Å². The maximum atomic E-state index is 13.3. The summed E-state index contributed by atoms with van der Waals surface area (Å²) in [5, 5.41) is 3.58. The van der Waals surface area contributed by atoms with E-state index >= 15 is 0 Å². The highest BCUT2D eigenvalue weighted by molar-refractivity contribution is 7.99. The number of rotatable bonds is 7. The van der Waals surface area contributed by atoms with E-state index in [1.54, 1.807) is 34.8 Å². The molecule has 0 bridgehead atoms. The number of nitrogens with zero attached hydrogens (tertiary/aromatic N) is 3. The maximum Gasteiger partial charge on any atom is 0.265 e. The molecule has 164 valence electrons. The summed E-state index contributed by atoms with van der Waals surface area (Å²) in [5.74, 6) is 0.852. The molecule has 31 heavy (non-hydrogen) atoms. The third-order valence-electron chi connectivity index (χ3n) is 5.18. The van der Waals surface area contributed by atoms with E-state index in [9.17, 15) is 9.59 Å². The van der Waals surface area contributed by atoms with Crippen LogP contribution >= 0.6 is 24.2 Å². The molecule has 6 nitrogen and oxygen atoms in total. The first-order valence-electron chi connectivity index (χ1n) is 10.1. The Balaban J connectivity index is 0.00000272. The van der Waals surface area contributed by atoms with E-state index in [0.717, 1.165) is 35.6 Å². The largest absolute Gasteiger partial charge is 0.349 e. The number of aryl methyl sites for hydroxylation is 1. The van der Waals surface area contributed by atoms with E-state index in [4.69, 9.17) is 0 Å². The molecule has 2 aromatic carbocycles. The lowest BCUT2D eigenvalue weighted by atomic mass is 10.1. The summed E-state index contributed by atoms with van der Waals surface area (Å²) in [7, 11) is 4.09. The van der Waals surface area contributed by atoms with Crippen molar-refractivity contribution in [3.05, 3.63) is 64.2 Å². The number of amides is 1. The van der Waals surface area contributed by atoms with Gasteiger partial charge in [0, 0.05) is 28.8 Å². The molecular formula is C23H27ClN4O2S. The summed E-state index contributed by atoms with van der Waals surface area (Å²) in [6.07, 6.45) is 3.62. The van der Waals surface area contributed by atoms with Crippen molar-refractivity contribution >= 4 is 41.0 Å². The fraction of sp³-hybridized carbons (Fsp3) is 0.348. The minimum Gasteiger partial charge on any atom is -0.349 e. The average Bonchev–Trinajstić information content (AvgIpc) is 3.53. The molecule has 1 amide bonds. The van der Waals surface area contributed by atoms with Gasteiger partial charge in [0.15, 0.2) is 0 Å². The fourth-order valence-electron chi connectivity index (χ4n) is 3.22. The van der Waals surface area contributed by atoms with Gasteiger partial charge in [0.1, 0.15) is 6.33 Å². The number of carbonyl (C=O) groups excluding carboxylic acids is 1. The Morgan fingerprint density at radius 2 is 2.00 bits per heavy atom. The van der Waals surface area contributed by atoms with Gasteiger partial charge >= 0.3 is 0 Å². The van der Waals surface area contributed by atoms with Gasteiger partial charge in [-0.1, -0.05) is 6.07 Å². The molecule has 8 heteroatoms. The van der Waals surface area contributed by atoms with Gasteiger partial charge < -0.3 is 10.2 Å². The van der Waals surface area contributed by atoms with Crippen LogP contribution < -0.4 is 10.9 Å². The van der Waals surface area contributed by atoms with E-state index in [-0.39, 0.29) is 29.9 Å². The number of carbonyl (C=O) groups is 1. The van der Waals surface area contributed by atoms with Gasteiger partial charge in [0.05, 0.1) is 16.6 Å². The minimum absolute atomic E-state index is 0. The highest BCUT2D eigenvalue weighted by atomic mass is 35.5. The van der Waals surface area contributed by atoms with E-state index in [1.165, 1.54) is 0 Å². The number of fused-ring (bicyclic) bond motifs is 1. The molecule has 0 aliphatic heterocycles. The Kier molecular flexibility index (Phi) is 7.41. The molecule has 0 spiro atoms. The molecule has 0 radical (unpaired) electrons. The van der Waals surface area contributed by atoms with Crippen LogP contribution in [0, 0.1) is 6.92 Å². The predicted octanol–water partition coefficient (Wildman–Crippen LogP) is 3.66. The lowest BCUT2D eigenvalue weighted by Gasteiger charge is -2.13. The molecule has 1 saturated carbocycles. The van der Waals surface area contributed by atoms with Gasteiger partial charge in [-0.3, -0.25) is 14.2 Å². The molecule has 1 N–H and O–H groups in total. The fourth-order valence-corrected chi connectivity index (χ4v) is 4.27. The van der Waals surface area contributed by atoms with Gasteiger partial charge in [-0.25, -0.2) is 4.98 Å². The minimum atomic E-state index is -0.127. The number of thioether (sulfide) groups is 1. The summed E-state index contributed by atoms with van der Waals surface area (Å²) >= 11 is 1.72. The summed E-state index contributed by atoms with van der Waals surface area (Å²) in [6, 6.07) is 11.6. The standard InChI is InChI=1S/C23H26N4O2S.ClH/c1-15-4-5-16(22(28)25-17-6-7-17)12-21(15)27-14-24-20-9-8-18(13-19(20)23(27)29)30-11-10-26(2)3;/h4-5,8-9,12-14,17H,6-7,10-11H2,1-3H3,(H,25,28);1H. The van der Waals surface area contributed by atoms with Crippen molar-refractivity contribution in [3.63, 3.8) is 0 Å². The average molecular weight is 459 g/mol. The lowest BCUT2D eigenvalue weighted by molar-refractivity contribution is 0.0951. The van der Waals surface area contributed by atoms with E-state index in [1.807, 2.05) is 45.3 Å². The van der Waals surface area contributed by atoms with Gasteiger partial charge in [-0.15, -0.1) is 24.2 Å².